The van der Waals surface area contributed by atoms with Crippen molar-refractivity contribution in [2.75, 3.05) is 31.3 Å². The van der Waals surface area contributed by atoms with Gasteiger partial charge in [-0.25, -0.2) is 9.78 Å². The molecule has 8 nitrogen and oxygen atoms in total. The van der Waals surface area contributed by atoms with Gasteiger partial charge in [-0.1, -0.05) is 25.4 Å². The number of rotatable bonds is 8. The fourth-order valence-electron chi connectivity index (χ4n) is 3.23. The van der Waals surface area contributed by atoms with Crippen LogP contribution in [0.2, 0.25) is 5.15 Å². The van der Waals surface area contributed by atoms with Gasteiger partial charge in [-0.15, -0.1) is 0 Å². The second kappa shape index (κ2) is 13.9. The SMILES string of the molecule is CC.CSOCCn1c(Cl)cnc(NCCC2CCCCN2C(=O)OC(C)(C)C)c1=O. The van der Waals surface area contributed by atoms with Crippen molar-refractivity contribution < 1.29 is 13.7 Å². The van der Waals surface area contributed by atoms with Crippen LogP contribution < -0.4 is 10.9 Å². The first kappa shape index (κ1) is 27.6. The Balaban J connectivity index is 0.00000233. The summed E-state index contributed by atoms with van der Waals surface area (Å²) in [5.74, 6) is 0.248. The number of amides is 1. The predicted molar refractivity (Wildman–Crippen MR) is 128 cm³/mol. The number of hydrogen-bond acceptors (Lipinski definition) is 7. The molecule has 0 bridgehead atoms. The molecule has 1 aromatic rings. The zero-order chi connectivity index (χ0) is 23.4. The smallest absolute Gasteiger partial charge is 0.410 e. The largest absolute Gasteiger partial charge is 0.444 e. The van der Waals surface area contributed by atoms with Crippen LogP contribution in [0.5, 0.6) is 0 Å². The minimum absolute atomic E-state index is 0.0793. The van der Waals surface area contributed by atoms with Gasteiger partial charge in [-0.05, 0) is 58.5 Å². The van der Waals surface area contributed by atoms with E-state index in [4.69, 9.17) is 20.5 Å². The Morgan fingerprint density at radius 3 is 2.71 bits per heavy atom. The number of hydrogen-bond donors (Lipinski definition) is 1. The highest BCUT2D eigenvalue weighted by Gasteiger charge is 2.30. The van der Waals surface area contributed by atoms with E-state index in [0.29, 0.717) is 32.7 Å². The molecule has 0 aliphatic carbocycles. The van der Waals surface area contributed by atoms with E-state index >= 15 is 0 Å². The Morgan fingerprint density at radius 1 is 1.35 bits per heavy atom. The minimum atomic E-state index is -0.518. The maximum Gasteiger partial charge on any atom is 0.410 e. The van der Waals surface area contributed by atoms with Crippen molar-refractivity contribution in [3.05, 3.63) is 21.7 Å². The Kier molecular flexibility index (Phi) is 12.3. The van der Waals surface area contributed by atoms with Gasteiger partial charge < -0.3 is 19.1 Å². The number of nitrogens with one attached hydrogen (secondary N) is 1. The van der Waals surface area contributed by atoms with Gasteiger partial charge >= 0.3 is 6.09 Å². The third-order valence-corrected chi connectivity index (χ3v) is 5.25. The van der Waals surface area contributed by atoms with Crippen LogP contribution in [0.4, 0.5) is 10.6 Å². The molecule has 1 saturated heterocycles. The zero-order valence-electron chi connectivity index (χ0n) is 19.6. The lowest BCUT2D eigenvalue weighted by molar-refractivity contribution is 0.00929. The zero-order valence-corrected chi connectivity index (χ0v) is 21.1. The molecular weight excluding hydrogens is 440 g/mol. The van der Waals surface area contributed by atoms with E-state index in [1.165, 1.54) is 22.8 Å². The van der Waals surface area contributed by atoms with Crippen molar-refractivity contribution in [2.24, 2.45) is 0 Å². The van der Waals surface area contributed by atoms with Crippen LogP contribution in [0.25, 0.3) is 0 Å². The summed E-state index contributed by atoms with van der Waals surface area (Å²) in [6, 6.07) is 0.0793. The predicted octanol–water partition coefficient (Wildman–Crippen LogP) is 4.81. The lowest BCUT2D eigenvalue weighted by Gasteiger charge is -2.36. The van der Waals surface area contributed by atoms with E-state index in [-0.39, 0.29) is 28.7 Å². The molecule has 0 saturated carbocycles. The molecule has 1 aliphatic rings. The van der Waals surface area contributed by atoms with Crippen LogP contribution in [-0.4, -0.2) is 58.1 Å². The monoisotopic (exact) mass is 476 g/mol. The Bertz CT molecular complexity index is 739. The third-order valence-electron chi connectivity index (χ3n) is 4.55. The molecule has 1 unspecified atom stereocenters. The van der Waals surface area contributed by atoms with Gasteiger partial charge in [0.15, 0.2) is 5.82 Å². The van der Waals surface area contributed by atoms with Crippen molar-refractivity contribution >= 4 is 35.6 Å². The molecule has 0 radical (unpaired) electrons. The fraction of sp³-hybridized carbons (Fsp3) is 0.762. The molecule has 1 N–H and O–H groups in total. The van der Waals surface area contributed by atoms with Crippen LogP contribution in [0.15, 0.2) is 11.0 Å². The average molecular weight is 477 g/mol. The van der Waals surface area contributed by atoms with Gasteiger partial charge in [-0.2, -0.15) is 0 Å². The summed E-state index contributed by atoms with van der Waals surface area (Å²) < 4.78 is 12.2. The molecule has 1 fully saturated rings. The summed E-state index contributed by atoms with van der Waals surface area (Å²) >= 11 is 7.34. The van der Waals surface area contributed by atoms with Crippen LogP contribution >= 0.6 is 23.6 Å². The van der Waals surface area contributed by atoms with Crippen LogP contribution in [-0.2, 0) is 15.5 Å². The van der Waals surface area contributed by atoms with Crippen molar-refractivity contribution in [3.8, 4) is 0 Å². The van der Waals surface area contributed by atoms with E-state index in [1.54, 1.807) is 0 Å². The van der Waals surface area contributed by atoms with Gasteiger partial charge in [0, 0.05) is 25.4 Å². The van der Waals surface area contributed by atoms with E-state index < -0.39 is 5.60 Å². The van der Waals surface area contributed by atoms with Crippen molar-refractivity contribution in [3.63, 3.8) is 0 Å². The number of piperidine rings is 1. The summed E-state index contributed by atoms with van der Waals surface area (Å²) in [7, 11) is 0. The quantitative estimate of drug-likeness (QED) is 0.425. The molecule has 1 aromatic heterocycles. The molecule has 31 heavy (non-hydrogen) atoms. The van der Waals surface area contributed by atoms with Gasteiger partial charge in [-0.3, -0.25) is 9.36 Å². The Morgan fingerprint density at radius 2 is 2.06 bits per heavy atom. The first-order chi connectivity index (χ1) is 14.7. The molecule has 0 spiro atoms. The number of nitrogens with zero attached hydrogens (tertiary/aromatic N) is 3. The normalized spacial score (nSPS) is 16.4. The van der Waals surface area contributed by atoms with E-state index in [1.807, 2.05) is 45.8 Å². The number of likely N-dealkylation sites (tertiary alicyclic amines) is 1. The minimum Gasteiger partial charge on any atom is -0.444 e. The first-order valence-electron chi connectivity index (χ1n) is 10.9. The number of anilines is 1. The molecule has 178 valence electrons. The van der Waals surface area contributed by atoms with E-state index in [2.05, 4.69) is 10.3 Å². The highest BCUT2D eigenvalue weighted by molar-refractivity contribution is 7.93. The van der Waals surface area contributed by atoms with Crippen molar-refractivity contribution in [2.45, 2.75) is 78.5 Å². The van der Waals surface area contributed by atoms with E-state index in [9.17, 15) is 9.59 Å². The number of halogens is 1. The molecule has 1 atom stereocenters. The molecule has 1 aliphatic heterocycles. The second-order valence-corrected chi connectivity index (χ2v) is 8.87. The standard InChI is InChI=1S/C19H31ClN4O4S.C2H6/c1-19(2,3)28-18(26)23-10-6-5-7-14(23)8-9-21-16-17(25)24(11-12-27-29-4)15(20)13-22-16;1-2/h13-14H,5-12H2,1-4H3,(H,21,22);1-2H3. The highest BCUT2D eigenvalue weighted by Crippen LogP contribution is 2.22. The number of aromatic nitrogens is 2. The maximum atomic E-state index is 12.6. The Labute approximate surface area is 195 Å². The summed E-state index contributed by atoms with van der Waals surface area (Å²) in [6.07, 6.45) is 6.68. The Hall–Kier alpha value is -1.45. The number of ether oxygens (including phenoxy) is 1. The third kappa shape index (κ3) is 9.29. The summed E-state index contributed by atoms with van der Waals surface area (Å²) in [6.45, 7) is 11.5. The lowest BCUT2D eigenvalue weighted by atomic mass is 10.00. The number of carbonyl (C=O) groups excluding carboxylic acids is 1. The van der Waals surface area contributed by atoms with Gasteiger partial charge in [0.05, 0.1) is 19.3 Å². The van der Waals surface area contributed by atoms with Gasteiger partial charge in [0.2, 0.25) is 0 Å². The molecule has 2 heterocycles. The maximum absolute atomic E-state index is 12.6. The lowest BCUT2D eigenvalue weighted by Crippen LogP contribution is -2.46. The van der Waals surface area contributed by atoms with Gasteiger partial charge in [0.1, 0.15) is 10.8 Å². The van der Waals surface area contributed by atoms with Gasteiger partial charge in [0.25, 0.3) is 5.56 Å². The topological polar surface area (TPSA) is 85.7 Å². The summed E-state index contributed by atoms with van der Waals surface area (Å²) in [5, 5.41) is 3.37. The van der Waals surface area contributed by atoms with Crippen LogP contribution in [0.1, 0.15) is 60.3 Å². The van der Waals surface area contributed by atoms with E-state index in [0.717, 1.165) is 19.3 Å². The first-order valence-corrected chi connectivity index (χ1v) is 12.4. The van der Waals surface area contributed by atoms with Crippen LogP contribution in [0, 0.1) is 0 Å². The molecular formula is C21H37ClN4O4S. The fourth-order valence-corrected chi connectivity index (χ4v) is 3.68. The number of carbonyl (C=O) groups is 1. The second-order valence-electron chi connectivity index (χ2n) is 7.91. The average Bonchev–Trinajstić information content (AvgIpc) is 2.73. The molecule has 2 rings (SSSR count). The molecule has 0 aromatic carbocycles. The summed E-state index contributed by atoms with van der Waals surface area (Å²) in [5.41, 5.74) is -0.801. The van der Waals surface area contributed by atoms with Crippen molar-refractivity contribution in [1.29, 1.82) is 0 Å². The van der Waals surface area contributed by atoms with Crippen LogP contribution in [0.3, 0.4) is 0 Å². The highest BCUT2D eigenvalue weighted by atomic mass is 35.5. The van der Waals surface area contributed by atoms with Crippen molar-refractivity contribution in [1.82, 2.24) is 14.5 Å². The summed E-state index contributed by atoms with van der Waals surface area (Å²) in [4.78, 5) is 31.0. The molecule has 10 heteroatoms. The molecule has 1 amide bonds.